The molecule has 0 aliphatic rings. The lowest BCUT2D eigenvalue weighted by Crippen LogP contribution is -2.44. The topological polar surface area (TPSA) is 105 Å². The fourth-order valence-corrected chi connectivity index (χ4v) is 2.97. The van der Waals surface area contributed by atoms with Gasteiger partial charge in [-0.05, 0) is 50.6 Å². The average molecular weight is 453 g/mol. The largest absolute Gasteiger partial charge is 0.480 e. The van der Waals surface area contributed by atoms with Crippen molar-refractivity contribution in [2.45, 2.75) is 38.8 Å². The van der Waals surface area contributed by atoms with Gasteiger partial charge in [-0.15, -0.1) is 0 Å². The molecule has 3 N–H and O–H groups in total. The van der Waals surface area contributed by atoms with E-state index in [9.17, 15) is 19.5 Å². The predicted octanol–water partition coefficient (Wildman–Crippen LogP) is 4.77. The average Bonchev–Trinajstić information content (AvgIpc) is 2.63. The minimum absolute atomic E-state index is 0.0207. The number of amides is 2. The maximum Gasteiger partial charge on any atom is 0.408 e. The van der Waals surface area contributed by atoms with E-state index >= 15 is 0 Å². The molecule has 0 saturated heterocycles. The number of anilines is 1. The summed E-state index contributed by atoms with van der Waals surface area (Å²) in [4.78, 5) is 35.8. The lowest BCUT2D eigenvalue weighted by molar-refractivity contribution is -0.139. The molecule has 2 rings (SSSR count). The Kier molecular flexibility index (Phi) is 7.70. The van der Waals surface area contributed by atoms with Gasteiger partial charge in [0, 0.05) is 12.0 Å². The smallest absolute Gasteiger partial charge is 0.408 e. The molecule has 0 saturated carbocycles. The van der Waals surface area contributed by atoms with E-state index in [-0.39, 0.29) is 6.42 Å². The van der Waals surface area contributed by atoms with Crippen LogP contribution in [0.15, 0.2) is 42.5 Å². The summed E-state index contributed by atoms with van der Waals surface area (Å²) >= 11 is 12.1. The van der Waals surface area contributed by atoms with Crippen molar-refractivity contribution in [3.8, 4) is 0 Å². The number of rotatable bonds is 6. The van der Waals surface area contributed by atoms with Gasteiger partial charge < -0.3 is 20.5 Å². The van der Waals surface area contributed by atoms with Crippen molar-refractivity contribution >= 4 is 46.9 Å². The number of benzene rings is 2. The van der Waals surface area contributed by atoms with Crippen LogP contribution in [-0.4, -0.2) is 34.7 Å². The number of para-hydroxylation sites is 1. The molecule has 30 heavy (non-hydrogen) atoms. The molecule has 7 nitrogen and oxygen atoms in total. The number of nitrogens with one attached hydrogen (secondary N) is 2. The first-order valence-electron chi connectivity index (χ1n) is 9.03. The highest BCUT2D eigenvalue weighted by Gasteiger charge is 2.24. The lowest BCUT2D eigenvalue weighted by atomic mass is 10.0. The highest BCUT2D eigenvalue weighted by Crippen LogP contribution is 2.30. The summed E-state index contributed by atoms with van der Waals surface area (Å²) in [5.74, 6) is -1.62. The van der Waals surface area contributed by atoms with Crippen molar-refractivity contribution in [2.75, 3.05) is 5.32 Å². The molecular weight excluding hydrogens is 431 g/mol. The van der Waals surface area contributed by atoms with Gasteiger partial charge in [0.25, 0.3) is 5.91 Å². The number of aliphatic carboxylic acids is 1. The molecule has 160 valence electrons. The number of alkyl carbamates (subject to hydrolysis) is 1. The monoisotopic (exact) mass is 452 g/mol. The second-order valence-corrected chi connectivity index (χ2v) is 8.30. The normalized spacial score (nSPS) is 12.0. The molecule has 0 unspecified atom stereocenters. The molecule has 9 heteroatoms. The SMILES string of the molecule is CC(C)(C)OC(=O)N[C@@H](Cc1ccc(C(=O)Nc2c(Cl)cccc2Cl)cc1)C(=O)O. The minimum Gasteiger partial charge on any atom is -0.480 e. The number of halogens is 2. The quantitative estimate of drug-likeness (QED) is 0.585. The van der Waals surface area contributed by atoms with E-state index in [0.29, 0.717) is 26.9 Å². The maximum atomic E-state index is 12.4. The van der Waals surface area contributed by atoms with Crippen LogP contribution in [-0.2, 0) is 16.0 Å². The van der Waals surface area contributed by atoms with E-state index in [1.165, 1.54) is 0 Å². The molecule has 0 radical (unpaired) electrons. The van der Waals surface area contributed by atoms with Gasteiger partial charge in [-0.1, -0.05) is 41.4 Å². The minimum atomic E-state index is -1.20. The van der Waals surface area contributed by atoms with Gasteiger partial charge in [0.1, 0.15) is 11.6 Å². The third-order valence-corrected chi connectivity index (χ3v) is 4.48. The molecule has 2 aromatic carbocycles. The van der Waals surface area contributed by atoms with Crippen molar-refractivity contribution in [1.29, 1.82) is 0 Å². The molecule has 0 bridgehead atoms. The van der Waals surface area contributed by atoms with Crippen LogP contribution in [0.25, 0.3) is 0 Å². The van der Waals surface area contributed by atoms with E-state index in [4.69, 9.17) is 27.9 Å². The van der Waals surface area contributed by atoms with E-state index < -0.39 is 29.6 Å². The van der Waals surface area contributed by atoms with Crippen molar-refractivity contribution in [1.82, 2.24) is 5.32 Å². The maximum absolute atomic E-state index is 12.4. The van der Waals surface area contributed by atoms with Gasteiger partial charge in [-0.25, -0.2) is 9.59 Å². The van der Waals surface area contributed by atoms with Crippen LogP contribution in [0.4, 0.5) is 10.5 Å². The molecule has 0 aliphatic heterocycles. The molecule has 0 fully saturated rings. The number of carbonyl (C=O) groups excluding carboxylic acids is 2. The molecule has 0 heterocycles. The zero-order valence-electron chi connectivity index (χ0n) is 16.7. The Morgan fingerprint density at radius 3 is 2.10 bits per heavy atom. The third kappa shape index (κ3) is 6.93. The Morgan fingerprint density at radius 2 is 1.60 bits per heavy atom. The Morgan fingerprint density at radius 1 is 1.03 bits per heavy atom. The number of ether oxygens (including phenoxy) is 1. The molecule has 1 atom stereocenters. The second kappa shape index (κ2) is 9.82. The number of hydrogen-bond donors (Lipinski definition) is 3. The standard InChI is InChI=1S/C21H22Cl2N2O5/c1-21(2,3)30-20(29)24-16(19(27)28)11-12-7-9-13(10-8-12)18(26)25-17-14(22)5-4-6-15(17)23/h4-10,16H,11H2,1-3H3,(H,24,29)(H,25,26)(H,27,28)/t16-/m0/s1. The van der Waals surface area contributed by atoms with Gasteiger partial charge in [0.05, 0.1) is 15.7 Å². The van der Waals surface area contributed by atoms with Gasteiger partial charge in [0.2, 0.25) is 0 Å². The van der Waals surface area contributed by atoms with E-state index in [1.54, 1.807) is 63.2 Å². The van der Waals surface area contributed by atoms with Crippen molar-refractivity contribution in [2.24, 2.45) is 0 Å². The van der Waals surface area contributed by atoms with Crippen LogP contribution >= 0.6 is 23.2 Å². The van der Waals surface area contributed by atoms with Crippen molar-refractivity contribution < 1.29 is 24.2 Å². The first-order chi connectivity index (χ1) is 14.0. The number of carboxylic acid groups (broad SMARTS) is 1. The summed E-state index contributed by atoms with van der Waals surface area (Å²) in [5.41, 5.74) is 0.516. The van der Waals surface area contributed by atoms with Crippen molar-refractivity contribution in [3.63, 3.8) is 0 Å². The first-order valence-corrected chi connectivity index (χ1v) is 9.78. The Hall–Kier alpha value is -2.77. The van der Waals surface area contributed by atoms with E-state index in [0.717, 1.165) is 0 Å². The van der Waals surface area contributed by atoms with Crippen LogP contribution in [0.3, 0.4) is 0 Å². The fourth-order valence-electron chi connectivity index (χ4n) is 2.48. The summed E-state index contributed by atoms with van der Waals surface area (Å²) in [7, 11) is 0. The fraction of sp³-hybridized carbons (Fsp3) is 0.286. The van der Waals surface area contributed by atoms with Crippen LogP contribution in [0.2, 0.25) is 10.0 Å². The van der Waals surface area contributed by atoms with Crippen LogP contribution in [0.1, 0.15) is 36.7 Å². The van der Waals surface area contributed by atoms with E-state index in [1.807, 2.05) is 0 Å². The molecule has 0 aliphatic carbocycles. The number of hydrogen-bond acceptors (Lipinski definition) is 4. The molecule has 0 spiro atoms. The Labute approximate surface area is 184 Å². The summed E-state index contributed by atoms with van der Waals surface area (Å²) in [6, 6.07) is 10.0. The third-order valence-electron chi connectivity index (χ3n) is 3.85. The Bertz CT molecular complexity index is 919. The van der Waals surface area contributed by atoms with Crippen LogP contribution in [0.5, 0.6) is 0 Å². The Balaban J connectivity index is 2.05. The number of carbonyl (C=O) groups is 3. The zero-order valence-corrected chi connectivity index (χ0v) is 18.2. The van der Waals surface area contributed by atoms with E-state index in [2.05, 4.69) is 10.6 Å². The molecule has 2 aromatic rings. The molecule has 0 aromatic heterocycles. The predicted molar refractivity (Wildman–Crippen MR) is 115 cm³/mol. The highest BCUT2D eigenvalue weighted by atomic mass is 35.5. The highest BCUT2D eigenvalue weighted by molar-refractivity contribution is 6.40. The van der Waals surface area contributed by atoms with Gasteiger partial charge in [-0.3, -0.25) is 4.79 Å². The van der Waals surface area contributed by atoms with Crippen molar-refractivity contribution in [3.05, 3.63) is 63.6 Å². The van der Waals surface area contributed by atoms with Gasteiger partial charge in [-0.2, -0.15) is 0 Å². The summed E-state index contributed by atoms with van der Waals surface area (Å²) in [6.45, 7) is 5.05. The first kappa shape index (κ1) is 23.5. The summed E-state index contributed by atoms with van der Waals surface area (Å²) in [6.07, 6.45) is -0.796. The van der Waals surface area contributed by atoms with Crippen LogP contribution < -0.4 is 10.6 Å². The summed E-state index contributed by atoms with van der Waals surface area (Å²) < 4.78 is 5.09. The second-order valence-electron chi connectivity index (χ2n) is 7.49. The zero-order chi connectivity index (χ0) is 22.5. The molecular formula is C21H22Cl2N2O5. The lowest BCUT2D eigenvalue weighted by Gasteiger charge is -2.22. The molecule has 2 amide bonds. The van der Waals surface area contributed by atoms with Gasteiger partial charge >= 0.3 is 12.1 Å². The van der Waals surface area contributed by atoms with Crippen LogP contribution in [0, 0.1) is 0 Å². The van der Waals surface area contributed by atoms with Gasteiger partial charge in [0.15, 0.2) is 0 Å². The number of carboxylic acids is 1. The summed E-state index contributed by atoms with van der Waals surface area (Å²) in [5, 5.41) is 15.0.